The number of hydrogen-bond donors (Lipinski definition) is 0. The molecule has 0 aliphatic carbocycles. The molecule has 0 amide bonds. The SMILES string of the molecule is CSc1ccc(S(=O)(=O)N2CCN(C(c3ccccc3)c3ccccc3)CC2)cc1. The van der Waals surface area contributed by atoms with Gasteiger partial charge in [0.1, 0.15) is 0 Å². The predicted octanol–water partition coefficient (Wildman–Crippen LogP) is 4.50. The summed E-state index contributed by atoms with van der Waals surface area (Å²) in [6.45, 7) is 2.36. The maximum Gasteiger partial charge on any atom is 0.243 e. The van der Waals surface area contributed by atoms with Crippen molar-refractivity contribution in [1.29, 1.82) is 0 Å². The molecule has 1 saturated heterocycles. The summed E-state index contributed by atoms with van der Waals surface area (Å²) >= 11 is 1.61. The standard InChI is InChI=1S/C24H26N2O2S2/c1-29-22-12-14-23(15-13-22)30(27,28)26-18-16-25(17-19-26)24(20-8-4-2-5-9-20)21-10-6-3-7-11-21/h2-15,24H,16-19H2,1H3. The molecule has 0 radical (unpaired) electrons. The van der Waals surface area contributed by atoms with Crippen molar-refractivity contribution < 1.29 is 8.42 Å². The van der Waals surface area contributed by atoms with Gasteiger partial charge in [-0.05, 0) is 41.6 Å². The number of nitrogens with zero attached hydrogens (tertiary/aromatic N) is 2. The van der Waals surface area contributed by atoms with E-state index in [1.807, 2.05) is 30.5 Å². The minimum absolute atomic E-state index is 0.123. The van der Waals surface area contributed by atoms with Gasteiger partial charge >= 0.3 is 0 Å². The lowest BCUT2D eigenvalue weighted by atomic mass is 9.96. The summed E-state index contributed by atoms with van der Waals surface area (Å²) in [5.41, 5.74) is 2.46. The van der Waals surface area contributed by atoms with Crippen molar-refractivity contribution >= 4 is 21.8 Å². The van der Waals surface area contributed by atoms with Gasteiger partial charge in [0.15, 0.2) is 0 Å². The Hall–Kier alpha value is -2.12. The molecule has 0 atom stereocenters. The average molecular weight is 439 g/mol. The molecule has 1 heterocycles. The molecular formula is C24H26N2O2S2. The van der Waals surface area contributed by atoms with Crippen LogP contribution in [-0.4, -0.2) is 50.1 Å². The lowest BCUT2D eigenvalue weighted by Crippen LogP contribution is -2.49. The van der Waals surface area contributed by atoms with Crippen LogP contribution in [0.15, 0.2) is 94.7 Å². The highest BCUT2D eigenvalue weighted by Gasteiger charge is 2.32. The highest BCUT2D eigenvalue weighted by Crippen LogP contribution is 2.30. The van der Waals surface area contributed by atoms with Crippen LogP contribution in [0.5, 0.6) is 0 Å². The van der Waals surface area contributed by atoms with Crippen molar-refractivity contribution in [2.45, 2.75) is 15.8 Å². The molecule has 1 fully saturated rings. The zero-order chi connectivity index (χ0) is 21.0. The Balaban J connectivity index is 1.53. The molecule has 0 aromatic heterocycles. The lowest BCUT2D eigenvalue weighted by Gasteiger charge is -2.39. The van der Waals surface area contributed by atoms with Crippen molar-refractivity contribution in [3.05, 3.63) is 96.1 Å². The van der Waals surface area contributed by atoms with E-state index in [1.54, 1.807) is 28.2 Å². The fourth-order valence-electron chi connectivity index (χ4n) is 3.98. The van der Waals surface area contributed by atoms with Gasteiger partial charge in [-0.25, -0.2) is 8.42 Å². The first-order valence-corrected chi connectivity index (χ1v) is 12.7. The topological polar surface area (TPSA) is 40.6 Å². The van der Waals surface area contributed by atoms with Crippen molar-refractivity contribution in [3.63, 3.8) is 0 Å². The van der Waals surface area contributed by atoms with Gasteiger partial charge in [0.25, 0.3) is 0 Å². The minimum Gasteiger partial charge on any atom is -0.290 e. The Morgan fingerprint density at radius 1 is 0.733 bits per heavy atom. The van der Waals surface area contributed by atoms with Gasteiger partial charge in [0.2, 0.25) is 10.0 Å². The molecule has 3 aromatic rings. The van der Waals surface area contributed by atoms with Crippen LogP contribution in [0.1, 0.15) is 17.2 Å². The van der Waals surface area contributed by atoms with E-state index in [9.17, 15) is 8.42 Å². The summed E-state index contributed by atoms with van der Waals surface area (Å²) in [5, 5.41) is 0. The summed E-state index contributed by atoms with van der Waals surface area (Å²) in [6, 6.07) is 28.2. The summed E-state index contributed by atoms with van der Waals surface area (Å²) < 4.78 is 27.8. The van der Waals surface area contributed by atoms with E-state index in [2.05, 4.69) is 53.4 Å². The number of piperazine rings is 1. The van der Waals surface area contributed by atoms with Gasteiger partial charge in [-0.1, -0.05) is 60.7 Å². The molecule has 30 heavy (non-hydrogen) atoms. The van der Waals surface area contributed by atoms with Crippen LogP contribution in [0.3, 0.4) is 0 Å². The maximum absolute atomic E-state index is 13.1. The molecule has 1 aliphatic rings. The van der Waals surface area contributed by atoms with E-state index in [-0.39, 0.29) is 6.04 Å². The summed E-state index contributed by atoms with van der Waals surface area (Å²) in [7, 11) is -3.47. The Kier molecular flexibility index (Phi) is 6.58. The first-order valence-electron chi connectivity index (χ1n) is 10.1. The van der Waals surface area contributed by atoms with Gasteiger partial charge < -0.3 is 0 Å². The molecule has 1 aliphatic heterocycles. The number of rotatable bonds is 6. The molecule has 3 aromatic carbocycles. The monoisotopic (exact) mass is 438 g/mol. The normalized spacial score (nSPS) is 16.1. The highest BCUT2D eigenvalue weighted by atomic mass is 32.2. The molecule has 6 heteroatoms. The number of sulfonamides is 1. The van der Waals surface area contributed by atoms with Crippen LogP contribution in [0.4, 0.5) is 0 Å². The second-order valence-corrected chi connectivity index (χ2v) is 10.2. The van der Waals surface area contributed by atoms with Crippen LogP contribution < -0.4 is 0 Å². The van der Waals surface area contributed by atoms with Crippen molar-refractivity contribution in [2.75, 3.05) is 32.4 Å². The Bertz CT molecular complexity index is 1010. The number of hydrogen-bond acceptors (Lipinski definition) is 4. The molecule has 0 N–H and O–H groups in total. The molecule has 0 spiro atoms. The van der Waals surface area contributed by atoms with Crippen LogP contribution in [-0.2, 0) is 10.0 Å². The van der Waals surface area contributed by atoms with Gasteiger partial charge in [-0.3, -0.25) is 4.90 Å². The molecule has 0 saturated carbocycles. The summed E-state index contributed by atoms with van der Waals surface area (Å²) in [4.78, 5) is 3.82. The smallest absolute Gasteiger partial charge is 0.243 e. The van der Waals surface area contributed by atoms with Crippen LogP contribution >= 0.6 is 11.8 Å². The molecule has 0 bridgehead atoms. The average Bonchev–Trinajstić information content (AvgIpc) is 2.81. The van der Waals surface area contributed by atoms with Gasteiger partial charge in [0, 0.05) is 31.1 Å². The molecule has 4 rings (SSSR count). The van der Waals surface area contributed by atoms with E-state index >= 15 is 0 Å². The molecule has 0 unspecified atom stereocenters. The zero-order valence-corrected chi connectivity index (χ0v) is 18.6. The van der Waals surface area contributed by atoms with E-state index < -0.39 is 10.0 Å². The van der Waals surface area contributed by atoms with Crippen molar-refractivity contribution in [2.24, 2.45) is 0 Å². The maximum atomic E-state index is 13.1. The second-order valence-electron chi connectivity index (χ2n) is 7.34. The highest BCUT2D eigenvalue weighted by molar-refractivity contribution is 7.98. The van der Waals surface area contributed by atoms with E-state index in [1.165, 1.54) is 11.1 Å². The third-order valence-corrected chi connectivity index (χ3v) is 8.22. The minimum atomic E-state index is -3.47. The van der Waals surface area contributed by atoms with Gasteiger partial charge in [-0.2, -0.15) is 4.31 Å². The Morgan fingerprint density at radius 3 is 1.70 bits per heavy atom. The van der Waals surface area contributed by atoms with E-state index in [0.29, 0.717) is 31.1 Å². The lowest BCUT2D eigenvalue weighted by molar-refractivity contribution is 0.156. The summed E-state index contributed by atoms with van der Waals surface area (Å²) in [6.07, 6.45) is 1.98. The Labute approximate surface area is 183 Å². The third kappa shape index (κ3) is 4.47. The first kappa shape index (κ1) is 21.1. The fourth-order valence-corrected chi connectivity index (χ4v) is 5.81. The molecular weight excluding hydrogens is 412 g/mol. The second kappa shape index (κ2) is 9.35. The number of thioether (sulfide) groups is 1. The zero-order valence-electron chi connectivity index (χ0n) is 17.0. The predicted molar refractivity (Wildman–Crippen MR) is 123 cm³/mol. The third-order valence-electron chi connectivity index (χ3n) is 5.57. The molecule has 4 nitrogen and oxygen atoms in total. The van der Waals surface area contributed by atoms with Gasteiger partial charge in [0.05, 0.1) is 10.9 Å². The fraction of sp³-hybridized carbons (Fsp3) is 0.250. The van der Waals surface area contributed by atoms with Crippen molar-refractivity contribution in [3.8, 4) is 0 Å². The quantitative estimate of drug-likeness (QED) is 0.531. The largest absolute Gasteiger partial charge is 0.290 e. The molecule has 156 valence electrons. The van der Waals surface area contributed by atoms with E-state index in [4.69, 9.17) is 0 Å². The van der Waals surface area contributed by atoms with Crippen LogP contribution in [0, 0.1) is 0 Å². The summed E-state index contributed by atoms with van der Waals surface area (Å²) in [5.74, 6) is 0. The van der Waals surface area contributed by atoms with Crippen LogP contribution in [0.25, 0.3) is 0 Å². The van der Waals surface area contributed by atoms with E-state index in [0.717, 1.165) is 4.90 Å². The number of benzene rings is 3. The first-order chi connectivity index (χ1) is 14.6. The van der Waals surface area contributed by atoms with Crippen molar-refractivity contribution in [1.82, 2.24) is 9.21 Å². The van der Waals surface area contributed by atoms with Crippen LogP contribution in [0.2, 0.25) is 0 Å². The van der Waals surface area contributed by atoms with Gasteiger partial charge in [-0.15, -0.1) is 11.8 Å². The Morgan fingerprint density at radius 2 is 1.23 bits per heavy atom.